The van der Waals surface area contributed by atoms with Gasteiger partial charge in [-0.2, -0.15) is 0 Å². The second-order valence-electron chi connectivity index (χ2n) is 7.54. The van der Waals surface area contributed by atoms with Crippen molar-refractivity contribution in [2.24, 2.45) is 11.8 Å². The number of hydrogen-bond acceptors (Lipinski definition) is 5. The van der Waals surface area contributed by atoms with Crippen molar-refractivity contribution in [3.05, 3.63) is 51.9 Å². The topological polar surface area (TPSA) is 64.1 Å². The predicted octanol–water partition coefficient (Wildman–Crippen LogP) is 4.73. The second kappa shape index (κ2) is 9.37. The van der Waals surface area contributed by atoms with E-state index in [-0.39, 0.29) is 17.8 Å². The van der Waals surface area contributed by atoms with Crippen LogP contribution in [0.15, 0.2) is 24.3 Å². The Labute approximate surface area is 171 Å². The number of nitrogens with zero attached hydrogens (tertiary/aromatic N) is 2. The summed E-state index contributed by atoms with van der Waals surface area (Å²) in [5.74, 6) is 1.74. The molecule has 6 heteroatoms. The van der Waals surface area contributed by atoms with Crippen molar-refractivity contribution in [3.8, 4) is 0 Å². The van der Waals surface area contributed by atoms with Gasteiger partial charge in [-0.05, 0) is 50.3 Å². The molecule has 1 heterocycles. The SMILES string of the molecule is COC(=O)C1CCCCC1CNc1nc(C)nc(C)c1Cc1ccc(Cl)cc1. The van der Waals surface area contributed by atoms with Crippen molar-refractivity contribution in [2.45, 2.75) is 46.0 Å². The molecule has 0 radical (unpaired) electrons. The van der Waals surface area contributed by atoms with Crippen LogP contribution in [0.3, 0.4) is 0 Å². The van der Waals surface area contributed by atoms with Gasteiger partial charge in [-0.3, -0.25) is 4.79 Å². The minimum atomic E-state index is -0.0945. The highest BCUT2D eigenvalue weighted by atomic mass is 35.5. The van der Waals surface area contributed by atoms with Crippen molar-refractivity contribution in [3.63, 3.8) is 0 Å². The van der Waals surface area contributed by atoms with Crippen LogP contribution in [0.25, 0.3) is 0 Å². The Morgan fingerprint density at radius 2 is 1.89 bits per heavy atom. The van der Waals surface area contributed by atoms with E-state index in [4.69, 9.17) is 16.3 Å². The number of halogens is 1. The minimum absolute atomic E-state index is 0.0324. The van der Waals surface area contributed by atoms with Gasteiger partial charge in [-0.15, -0.1) is 0 Å². The molecule has 1 aromatic heterocycles. The maximum absolute atomic E-state index is 12.1. The molecule has 0 aliphatic heterocycles. The molecular formula is C22H28ClN3O2. The molecule has 1 saturated carbocycles. The van der Waals surface area contributed by atoms with Crippen molar-refractivity contribution in [1.82, 2.24) is 9.97 Å². The maximum atomic E-state index is 12.1. The summed E-state index contributed by atoms with van der Waals surface area (Å²) in [5, 5.41) is 4.25. The number of esters is 1. The number of methoxy groups -OCH3 is 1. The molecule has 1 aromatic carbocycles. The highest BCUT2D eigenvalue weighted by molar-refractivity contribution is 6.30. The van der Waals surface area contributed by atoms with Crippen LogP contribution in [0, 0.1) is 25.7 Å². The Morgan fingerprint density at radius 3 is 2.61 bits per heavy atom. The van der Waals surface area contributed by atoms with Crippen LogP contribution >= 0.6 is 11.6 Å². The Hall–Kier alpha value is -2.14. The molecule has 1 aliphatic rings. The normalized spacial score (nSPS) is 19.3. The van der Waals surface area contributed by atoms with E-state index in [1.54, 1.807) is 0 Å². The number of anilines is 1. The molecule has 0 bridgehead atoms. The van der Waals surface area contributed by atoms with Gasteiger partial charge >= 0.3 is 5.97 Å². The van der Waals surface area contributed by atoms with Gasteiger partial charge in [0.15, 0.2) is 0 Å². The van der Waals surface area contributed by atoms with Gasteiger partial charge in [-0.1, -0.05) is 36.6 Å². The summed E-state index contributed by atoms with van der Waals surface area (Å²) in [6.45, 7) is 4.63. The summed E-state index contributed by atoms with van der Waals surface area (Å²) in [5.41, 5.74) is 3.21. The van der Waals surface area contributed by atoms with E-state index < -0.39 is 0 Å². The van der Waals surface area contributed by atoms with E-state index in [1.807, 2.05) is 38.1 Å². The van der Waals surface area contributed by atoms with Gasteiger partial charge < -0.3 is 10.1 Å². The third kappa shape index (κ3) is 5.02. The van der Waals surface area contributed by atoms with Gasteiger partial charge in [0.1, 0.15) is 11.6 Å². The smallest absolute Gasteiger partial charge is 0.309 e. The van der Waals surface area contributed by atoms with E-state index >= 15 is 0 Å². The van der Waals surface area contributed by atoms with Crippen molar-refractivity contribution < 1.29 is 9.53 Å². The van der Waals surface area contributed by atoms with Gasteiger partial charge in [0.2, 0.25) is 0 Å². The van der Waals surface area contributed by atoms with Crippen LogP contribution in [0.1, 0.15) is 48.3 Å². The van der Waals surface area contributed by atoms with Gasteiger partial charge in [0.05, 0.1) is 13.0 Å². The first-order valence-electron chi connectivity index (χ1n) is 9.88. The highest BCUT2D eigenvalue weighted by Crippen LogP contribution is 2.31. The third-order valence-electron chi connectivity index (χ3n) is 5.56. The molecule has 2 aromatic rings. The first-order valence-corrected chi connectivity index (χ1v) is 10.3. The zero-order valence-corrected chi connectivity index (χ0v) is 17.6. The lowest BCUT2D eigenvalue weighted by molar-refractivity contribution is -0.148. The summed E-state index contributed by atoms with van der Waals surface area (Å²) in [6, 6.07) is 7.86. The summed E-state index contributed by atoms with van der Waals surface area (Å²) in [6.07, 6.45) is 4.90. The lowest BCUT2D eigenvalue weighted by atomic mass is 9.79. The molecule has 150 valence electrons. The van der Waals surface area contributed by atoms with Crippen LogP contribution in [0.5, 0.6) is 0 Å². The Kier molecular flexibility index (Phi) is 6.89. The molecule has 1 aliphatic carbocycles. The third-order valence-corrected chi connectivity index (χ3v) is 5.82. The van der Waals surface area contributed by atoms with E-state index in [0.29, 0.717) is 6.54 Å². The average molecular weight is 402 g/mol. The standard InChI is InChI=1S/C22H28ClN3O2/c1-14-20(12-16-8-10-18(23)11-9-16)21(26-15(2)25-14)24-13-17-6-4-5-7-19(17)22(27)28-3/h8-11,17,19H,4-7,12-13H2,1-3H3,(H,24,25,26). The molecule has 2 atom stereocenters. The lowest BCUT2D eigenvalue weighted by Crippen LogP contribution is -2.33. The number of ether oxygens (including phenoxy) is 1. The fraction of sp³-hybridized carbons (Fsp3) is 0.500. The Balaban J connectivity index is 1.78. The second-order valence-corrected chi connectivity index (χ2v) is 7.98. The molecule has 28 heavy (non-hydrogen) atoms. The molecule has 2 unspecified atom stereocenters. The largest absolute Gasteiger partial charge is 0.469 e. The zero-order chi connectivity index (χ0) is 20.1. The molecule has 0 saturated heterocycles. The number of benzene rings is 1. The minimum Gasteiger partial charge on any atom is -0.469 e. The van der Waals surface area contributed by atoms with Crippen LogP contribution < -0.4 is 5.32 Å². The number of aromatic nitrogens is 2. The molecule has 0 amide bonds. The zero-order valence-electron chi connectivity index (χ0n) is 16.8. The molecule has 0 spiro atoms. The number of aryl methyl sites for hydroxylation is 2. The van der Waals surface area contributed by atoms with Gasteiger partial charge in [-0.25, -0.2) is 9.97 Å². The van der Waals surface area contributed by atoms with Crippen molar-refractivity contribution >= 4 is 23.4 Å². The summed E-state index contributed by atoms with van der Waals surface area (Å²) in [4.78, 5) is 21.4. The Bertz CT molecular complexity index is 823. The highest BCUT2D eigenvalue weighted by Gasteiger charge is 2.31. The fourth-order valence-electron chi connectivity index (χ4n) is 4.04. The number of carbonyl (C=O) groups is 1. The van der Waals surface area contributed by atoms with E-state index in [1.165, 1.54) is 7.11 Å². The van der Waals surface area contributed by atoms with Crippen molar-refractivity contribution in [2.75, 3.05) is 19.0 Å². The van der Waals surface area contributed by atoms with Crippen molar-refractivity contribution in [1.29, 1.82) is 0 Å². The summed E-state index contributed by atoms with van der Waals surface area (Å²) >= 11 is 6.01. The molecule has 3 rings (SSSR count). The molecule has 5 nitrogen and oxygen atoms in total. The number of hydrogen-bond donors (Lipinski definition) is 1. The predicted molar refractivity (Wildman–Crippen MR) is 112 cm³/mol. The quantitative estimate of drug-likeness (QED) is 0.709. The first kappa shape index (κ1) is 20.6. The maximum Gasteiger partial charge on any atom is 0.309 e. The monoisotopic (exact) mass is 401 g/mol. The Morgan fingerprint density at radius 1 is 1.18 bits per heavy atom. The van der Waals surface area contributed by atoms with Gasteiger partial charge in [0, 0.05) is 29.2 Å². The molecule has 1 N–H and O–H groups in total. The number of nitrogens with one attached hydrogen (secondary N) is 1. The summed E-state index contributed by atoms with van der Waals surface area (Å²) < 4.78 is 5.02. The summed E-state index contributed by atoms with van der Waals surface area (Å²) in [7, 11) is 1.47. The van der Waals surface area contributed by atoms with Crippen LogP contribution in [0.4, 0.5) is 5.82 Å². The van der Waals surface area contributed by atoms with Crippen LogP contribution in [-0.4, -0.2) is 29.6 Å². The average Bonchev–Trinajstić information content (AvgIpc) is 2.69. The van der Waals surface area contributed by atoms with Crippen LogP contribution in [-0.2, 0) is 16.0 Å². The van der Waals surface area contributed by atoms with Crippen LogP contribution in [0.2, 0.25) is 5.02 Å². The molecular weight excluding hydrogens is 374 g/mol. The van der Waals surface area contributed by atoms with E-state index in [9.17, 15) is 4.79 Å². The van der Waals surface area contributed by atoms with E-state index in [2.05, 4.69) is 15.3 Å². The number of carbonyl (C=O) groups excluding carboxylic acids is 1. The molecule has 1 fully saturated rings. The van der Waals surface area contributed by atoms with E-state index in [0.717, 1.165) is 65.6 Å². The van der Waals surface area contributed by atoms with Gasteiger partial charge in [0.25, 0.3) is 0 Å². The number of rotatable bonds is 6. The fourth-order valence-corrected chi connectivity index (χ4v) is 4.17. The first-order chi connectivity index (χ1) is 13.5. The lowest BCUT2D eigenvalue weighted by Gasteiger charge is -2.30.